The van der Waals surface area contributed by atoms with Gasteiger partial charge in [-0.05, 0) is 60.2 Å². The minimum Gasteiger partial charge on any atom is -0.497 e. The van der Waals surface area contributed by atoms with E-state index >= 15 is 0 Å². The van der Waals surface area contributed by atoms with Gasteiger partial charge in [0.15, 0.2) is 11.5 Å². The second-order valence-electron chi connectivity index (χ2n) is 10.8. The van der Waals surface area contributed by atoms with Crippen molar-refractivity contribution >= 4 is 34.5 Å². The molecule has 2 fully saturated rings. The van der Waals surface area contributed by atoms with Crippen LogP contribution < -0.4 is 15.4 Å². The zero-order valence-electron chi connectivity index (χ0n) is 23.7. The first kappa shape index (κ1) is 26.7. The second kappa shape index (κ2) is 11.2. The molecule has 2 N–H and O–H groups in total. The van der Waals surface area contributed by atoms with Crippen LogP contribution in [-0.4, -0.2) is 69.3 Å². The van der Waals surface area contributed by atoms with Crippen molar-refractivity contribution in [2.24, 2.45) is 0 Å². The van der Waals surface area contributed by atoms with Gasteiger partial charge in [0.25, 0.3) is 0 Å². The molecule has 218 valence electrons. The highest BCUT2D eigenvalue weighted by Crippen LogP contribution is 2.44. The molecule has 1 aliphatic heterocycles. The molecule has 1 saturated heterocycles. The largest absolute Gasteiger partial charge is 0.497 e. The van der Waals surface area contributed by atoms with E-state index < -0.39 is 12.1 Å². The fourth-order valence-corrected chi connectivity index (χ4v) is 5.44. The number of amides is 2. The van der Waals surface area contributed by atoms with Gasteiger partial charge in [-0.3, -0.25) is 4.79 Å². The molecule has 1 saturated carbocycles. The summed E-state index contributed by atoms with van der Waals surface area (Å²) in [6.07, 6.45) is 1.77. The third kappa shape index (κ3) is 5.41. The molecule has 3 heterocycles. The van der Waals surface area contributed by atoms with Gasteiger partial charge in [-0.25, -0.2) is 14.8 Å². The van der Waals surface area contributed by atoms with Crippen molar-refractivity contribution in [1.82, 2.24) is 29.8 Å². The van der Waals surface area contributed by atoms with E-state index in [0.29, 0.717) is 36.4 Å². The summed E-state index contributed by atoms with van der Waals surface area (Å²) in [6, 6.07) is 22.4. The summed E-state index contributed by atoms with van der Waals surface area (Å²) in [4.78, 5) is 37.6. The molecular formula is C32H31N7O4. The summed E-state index contributed by atoms with van der Waals surface area (Å²) in [7, 11) is 1.63. The van der Waals surface area contributed by atoms with Gasteiger partial charge in [0.1, 0.15) is 18.4 Å². The van der Waals surface area contributed by atoms with Crippen molar-refractivity contribution in [3.8, 4) is 17.1 Å². The van der Waals surface area contributed by atoms with Crippen molar-refractivity contribution in [2.45, 2.75) is 31.4 Å². The number of ether oxygens (including phenoxy) is 2. The van der Waals surface area contributed by atoms with Crippen LogP contribution in [0, 0.1) is 0 Å². The van der Waals surface area contributed by atoms with Crippen molar-refractivity contribution in [2.75, 3.05) is 32.1 Å². The van der Waals surface area contributed by atoms with Gasteiger partial charge in [-0.1, -0.05) is 42.5 Å². The summed E-state index contributed by atoms with van der Waals surface area (Å²) in [5, 5.41) is 12.0. The monoisotopic (exact) mass is 577 g/mol. The number of benzene rings is 3. The van der Waals surface area contributed by atoms with Gasteiger partial charge in [0, 0.05) is 24.0 Å². The van der Waals surface area contributed by atoms with Crippen LogP contribution in [0.2, 0.25) is 0 Å². The molecule has 3 aromatic carbocycles. The summed E-state index contributed by atoms with van der Waals surface area (Å²) >= 11 is 0. The highest BCUT2D eigenvalue weighted by Gasteiger charge is 2.31. The molecule has 0 spiro atoms. The lowest BCUT2D eigenvalue weighted by Crippen LogP contribution is -2.44. The van der Waals surface area contributed by atoms with E-state index in [4.69, 9.17) is 24.5 Å². The average molecular weight is 578 g/mol. The van der Waals surface area contributed by atoms with Crippen LogP contribution in [0.3, 0.4) is 0 Å². The predicted molar refractivity (Wildman–Crippen MR) is 161 cm³/mol. The maximum atomic E-state index is 13.2. The topological polar surface area (TPSA) is 123 Å². The highest BCUT2D eigenvalue weighted by atomic mass is 16.6. The summed E-state index contributed by atoms with van der Waals surface area (Å²) < 4.78 is 12.6. The maximum Gasteiger partial charge on any atom is 0.410 e. The van der Waals surface area contributed by atoms with Gasteiger partial charge >= 0.3 is 6.09 Å². The van der Waals surface area contributed by atoms with Crippen molar-refractivity contribution in [1.29, 1.82) is 0 Å². The number of hydrogen-bond acceptors (Lipinski definition) is 8. The average Bonchev–Trinajstić information content (AvgIpc) is 3.82. The number of anilines is 1. The second-order valence-corrected chi connectivity index (χ2v) is 10.8. The molecule has 43 heavy (non-hydrogen) atoms. The zero-order valence-corrected chi connectivity index (χ0v) is 23.7. The molecule has 11 nitrogen and oxygen atoms in total. The zero-order chi connectivity index (χ0) is 29.3. The van der Waals surface area contributed by atoms with Gasteiger partial charge in [-0.2, -0.15) is 4.52 Å². The van der Waals surface area contributed by atoms with Crippen LogP contribution in [0.4, 0.5) is 10.7 Å². The normalized spacial score (nSPS) is 17.0. The Morgan fingerprint density at radius 3 is 2.60 bits per heavy atom. The molecule has 2 aliphatic rings. The molecule has 11 heteroatoms. The molecule has 1 aliphatic carbocycles. The third-order valence-electron chi connectivity index (χ3n) is 7.86. The molecule has 1 atom stereocenters. The molecule has 0 radical (unpaired) electrons. The van der Waals surface area contributed by atoms with Crippen molar-refractivity contribution < 1.29 is 19.1 Å². The van der Waals surface area contributed by atoms with Gasteiger partial charge in [0.05, 0.1) is 19.2 Å². The number of rotatable bonds is 7. The molecule has 0 bridgehead atoms. The number of carbonyl (C=O) groups excluding carboxylic acids is 2. The van der Waals surface area contributed by atoms with E-state index in [1.54, 1.807) is 11.6 Å². The van der Waals surface area contributed by atoms with E-state index in [-0.39, 0.29) is 19.1 Å². The van der Waals surface area contributed by atoms with Crippen LogP contribution in [0.15, 0.2) is 72.8 Å². The standard InChI is InChI=1S/C32H31N7O4/c1-42-23-14-12-22(13-15-23)28-36-29-27-24(21-10-11-21)8-5-9-25(27)34-31(39(29)37-28)35-26-18-38(17-16-33-30(26)40)32(41)43-19-20-6-3-2-4-7-20/h2-9,12-15,21,26H,10-11,16-19H2,1H3,(H,33,40)(H,34,35). The van der Waals surface area contributed by atoms with E-state index in [1.165, 1.54) is 10.5 Å². The first-order valence-electron chi connectivity index (χ1n) is 14.4. The highest BCUT2D eigenvalue weighted by molar-refractivity contribution is 5.97. The minimum atomic E-state index is -0.792. The summed E-state index contributed by atoms with van der Waals surface area (Å²) in [6.45, 7) is 0.892. The van der Waals surface area contributed by atoms with Crippen LogP contribution >= 0.6 is 0 Å². The molecular weight excluding hydrogens is 546 g/mol. The van der Waals surface area contributed by atoms with Crippen LogP contribution in [-0.2, 0) is 16.1 Å². The molecule has 5 aromatic rings. The Kier molecular flexibility index (Phi) is 6.98. The smallest absolute Gasteiger partial charge is 0.410 e. The van der Waals surface area contributed by atoms with E-state index in [2.05, 4.69) is 16.7 Å². The molecule has 2 amide bonds. The fourth-order valence-electron chi connectivity index (χ4n) is 5.44. The number of fused-ring (bicyclic) bond motifs is 3. The van der Waals surface area contributed by atoms with E-state index in [1.807, 2.05) is 66.7 Å². The Bertz CT molecular complexity index is 1800. The number of nitrogens with one attached hydrogen (secondary N) is 2. The Hall–Kier alpha value is -5.19. The lowest BCUT2D eigenvalue weighted by atomic mass is 10.1. The number of hydrogen-bond donors (Lipinski definition) is 2. The summed E-state index contributed by atoms with van der Waals surface area (Å²) in [5.74, 6) is 1.86. The number of nitrogens with zero attached hydrogens (tertiary/aromatic N) is 5. The first-order chi connectivity index (χ1) is 21.1. The molecule has 2 aromatic heterocycles. The Labute approximate surface area is 247 Å². The molecule has 7 rings (SSSR count). The van der Waals surface area contributed by atoms with Gasteiger partial charge in [-0.15, -0.1) is 5.10 Å². The third-order valence-corrected chi connectivity index (χ3v) is 7.86. The Balaban J connectivity index is 1.23. The molecule has 1 unspecified atom stereocenters. The number of aromatic nitrogens is 4. The van der Waals surface area contributed by atoms with Gasteiger partial charge in [0.2, 0.25) is 11.9 Å². The first-order valence-corrected chi connectivity index (χ1v) is 14.4. The minimum absolute atomic E-state index is 0.100. The fraction of sp³-hybridized carbons (Fsp3) is 0.281. The summed E-state index contributed by atoms with van der Waals surface area (Å²) in [5.41, 5.74) is 4.35. The SMILES string of the molecule is COc1ccc(-c2nc3c4c(C5CC5)cccc4nc(NC4CN(C(=O)OCc5ccccc5)CCNC4=O)n3n2)cc1. The van der Waals surface area contributed by atoms with Crippen molar-refractivity contribution in [3.63, 3.8) is 0 Å². The lowest BCUT2D eigenvalue weighted by Gasteiger charge is -2.23. The van der Waals surface area contributed by atoms with Crippen LogP contribution in [0.5, 0.6) is 5.75 Å². The van der Waals surface area contributed by atoms with Gasteiger partial charge < -0.3 is 25.0 Å². The van der Waals surface area contributed by atoms with E-state index in [0.717, 1.165) is 40.6 Å². The van der Waals surface area contributed by atoms with Crippen molar-refractivity contribution in [3.05, 3.63) is 83.9 Å². The lowest BCUT2D eigenvalue weighted by molar-refractivity contribution is -0.121. The quantitative estimate of drug-likeness (QED) is 0.292. The van der Waals surface area contributed by atoms with Crippen LogP contribution in [0.1, 0.15) is 29.9 Å². The Morgan fingerprint density at radius 1 is 1.02 bits per heavy atom. The van der Waals surface area contributed by atoms with Crippen LogP contribution in [0.25, 0.3) is 27.9 Å². The predicted octanol–water partition coefficient (Wildman–Crippen LogP) is 4.38. The number of carbonyl (C=O) groups is 2. The Morgan fingerprint density at radius 2 is 1.84 bits per heavy atom. The number of methoxy groups -OCH3 is 1. The maximum absolute atomic E-state index is 13.2. The van der Waals surface area contributed by atoms with E-state index in [9.17, 15) is 9.59 Å².